The molecule has 0 spiro atoms. The molecule has 0 radical (unpaired) electrons. The minimum absolute atomic E-state index is 0.390. The second kappa shape index (κ2) is 6.23. The molecule has 1 unspecified atom stereocenters. The van der Waals surface area contributed by atoms with Crippen LogP contribution in [-0.4, -0.2) is 25.0 Å². The van der Waals surface area contributed by atoms with Gasteiger partial charge in [-0.3, -0.25) is 0 Å². The number of hydrogen-bond acceptors (Lipinski definition) is 3. The van der Waals surface area contributed by atoms with Crippen molar-refractivity contribution in [3.8, 4) is 0 Å². The number of thioether (sulfide) groups is 1. The number of hydrogen-bond donors (Lipinski definition) is 1. The molecule has 4 heteroatoms. The van der Waals surface area contributed by atoms with E-state index in [1.165, 1.54) is 10.5 Å². The van der Waals surface area contributed by atoms with E-state index in [9.17, 15) is 0 Å². The summed E-state index contributed by atoms with van der Waals surface area (Å²) in [5.41, 5.74) is 1.37. The van der Waals surface area contributed by atoms with Gasteiger partial charge in [-0.2, -0.15) is 0 Å². The van der Waals surface area contributed by atoms with Crippen molar-refractivity contribution in [1.29, 1.82) is 0 Å². The van der Waals surface area contributed by atoms with E-state index in [1.807, 2.05) is 11.8 Å². The van der Waals surface area contributed by atoms with Gasteiger partial charge in [0, 0.05) is 15.4 Å². The predicted octanol–water partition coefficient (Wildman–Crippen LogP) is 3.61. The van der Waals surface area contributed by atoms with Crippen molar-refractivity contribution >= 4 is 27.7 Å². The van der Waals surface area contributed by atoms with Crippen molar-refractivity contribution in [2.45, 2.75) is 30.0 Å². The second-order valence-electron chi connectivity index (χ2n) is 4.24. The van der Waals surface area contributed by atoms with Crippen LogP contribution in [-0.2, 0) is 4.74 Å². The molecule has 0 saturated carbocycles. The summed E-state index contributed by atoms with van der Waals surface area (Å²) in [6.07, 6.45) is 0. The molecule has 1 aliphatic heterocycles. The Morgan fingerprint density at radius 3 is 2.88 bits per heavy atom. The Hall–Kier alpha value is -0.0300. The summed E-state index contributed by atoms with van der Waals surface area (Å²) in [5, 5.41) is 4.10. The molecule has 94 valence electrons. The molecule has 2 rings (SSSR count). The zero-order valence-electron chi connectivity index (χ0n) is 10.2. The van der Waals surface area contributed by atoms with E-state index >= 15 is 0 Å². The van der Waals surface area contributed by atoms with Crippen molar-refractivity contribution in [3.63, 3.8) is 0 Å². The van der Waals surface area contributed by atoms with Crippen LogP contribution in [0.3, 0.4) is 0 Å². The molecule has 0 bridgehead atoms. The molecular formula is C13H18BrNOS. The molecule has 17 heavy (non-hydrogen) atoms. The topological polar surface area (TPSA) is 21.3 Å². The van der Waals surface area contributed by atoms with E-state index in [2.05, 4.69) is 53.3 Å². The third kappa shape index (κ3) is 3.47. The number of rotatable bonds is 5. The minimum atomic E-state index is 0.390. The molecule has 1 aliphatic rings. The van der Waals surface area contributed by atoms with Gasteiger partial charge in [-0.1, -0.05) is 22.9 Å². The molecule has 1 aromatic carbocycles. The second-order valence-corrected chi connectivity index (χ2v) is 6.50. The van der Waals surface area contributed by atoms with E-state index in [1.54, 1.807) is 0 Å². The predicted molar refractivity (Wildman–Crippen MR) is 76.7 cm³/mol. The van der Waals surface area contributed by atoms with E-state index in [0.717, 1.165) is 24.2 Å². The van der Waals surface area contributed by atoms with Gasteiger partial charge in [0.2, 0.25) is 0 Å². The van der Waals surface area contributed by atoms with Crippen LogP contribution in [0.1, 0.15) is 25.5 Å². The summed E-state index contributed by atoms with van der Waals surface area (Å²) < 4.78 is 6.38. The number of benzene rings is 1. The molecule has 1 saturated heterocycles. The highest BCUT2D eigenvalue weighted by atomic mass is 79.9. The smallest absolute Gasteiger partial charge is 0.0611 e. The summed E-state index contributed by atoms with van der Waals surface area (Å²) in [6, 6.07) is 6.93. The number of halogens is 1. The number of nitrogens with one attached hydrogen (secondary N) is 1. The fourth-order valence-corrected chi connectivity index (χ4v) is 3.43. The summed E-state index contributed by atoms with van der Waals surface area (Å²) in [7, 11) is 0. The first-order chi connectivity index (χ1) is 8.20. The molecule has 1 atom stereocenters. The van der Waals surface area contributed by atoms with Crippen LogP contribution >= 0.6 is 27.7 Å². The van der Waals surface area contributed by atoms with E-state index < -0.39 is 0 Å². The molecule has 2 nitrogen and oxygen atoms in total. The lowest BCUT2D eigenvalue weighted by atomic mass is 10.1. The van der Waals surface area contributed by atoms with Gasteiger partial charge < -0.3 is 10.1 Å². The Balaban J connectivity index is 2.16. The highest BCUT2D eigenvalue weighted by molar-refractivity contribution is 9.10. The van der Waals surface area contributed by atoms with Gasteiger partial charge >= 0.3 is 0 Å². The molecule has 0 aromatic heterocycles. The van der Waals surface area contributed by atoms with Gasteiger partial charge in [-0.15, -0.1) is 11.8 Å². The van der Waals surface area contributed by atoms with E-state index in [4.69, 9.17) is 4.74 Å². The summed E-state index contributed by atoms with van der Waals surface area (Å²) >= 11 is 5.49. The van der Waals surface area contributed by atoms with Crippen LogP contribution in [0, 0.1) is 0 Å². The third-order valence-corrected chi connectivity index (χ3v) is 4.57. The molecule has 1 N–H and O–H groups in total. The van der Waals surface area contributed by atoms with Gasteiger partial charge in [0.15, 0.2) is 0 Å². The largest absolute Gasteiger partial charge is 0.379 e. The van der Waals surface area contributed by atoms with Crippen LogP contribution in [0.2, 0.25) is 0 Å². The molecular weight excluding hydrogens is 298 g/mol. The van der Waals surface area contributed by atoms with Crippen molar-refractivity contribution < 1.29 is 4.74 Å². The van der Waals surface area contributed by atoms with E-state index in [-0.39, 0.29) is 0 Å². The van der Waals surface area contributed by atoms with Gasteiger partial charge in [-0.05, 0) is 37.2 Å². The lowest BCUT2D eigenvalue weighted by Crippen LogP contribution is -2.30. The lowest BCUT2D eigenvalue weighted by Gasteiger charge is -2.27. The molecule has 1 fully saturated rings. The van der Waals surface area contributed by atoms with Crippen molar-refractivity contribution in [2.75, 3.05) is 19.8 Å². The maximum atomic E-state index is 5.23. The van der Waals surface area contributed by atoms with Crippen molar-refractivity contribution in [1.82, 2.24) is 5.32 Å². The molecule has 0 amide bonds. The first-order valence-electron chi connectivity index (χ1n) is 5.98. The number of ether oxygens (including phenoxy) is 1. The Kier molecular flexibility index (Phi) is 4.91. The van der Waals surface area contributed by atoms with Crippen LogP contribution in [0.5, 0.6) is 0 Å². The summed E-state index contributed by atoms with van der Waals surface area (Å²) in [5.74, 6) is 0. The Labute approximate surface area is 116 Å². The fraction of sp³-hybridized carbons (Fsp3) is 0.538. The van der Waals surface area contributed by atoms with Crippen LogP contribution < -0.4 is 5.32 Å². The average molecular weight is 316 g/mol. The third-order valence-electron chi connectivity index (χ3n) is 2.85. The quantitative estimate of drug-likeness (QED) is 0.897. The van der Waals surface area contributed by atoms with Gasteiger partial charge in [-0.25, -0.2) is 0 Å². The molecule has 0 aliphatic carbocycles. The van der Waals surface area contributed by atoms with Crippen molar-refractivity contribution in [2.24, 2.45) is 0 Å². The highest BCUT2D eigenvalue weighted by Gasteiger charge is 2.21. The van der Waals surface area contributed by atoms with Crippen LogP contribution in [0.4, 0.5) is 0 Å². The van der Waals surface area contributed by atoms with Crippen molar-refractivity contribution in [3.05, 3.63) is 28.2 Å². The fourth-order valence-electron chi connectivity index (χ4n) is 1.84. The van der Waals surface area contributed by atoms with Gasteiger partial charge in [0.1, 0.15) is 0 Å². The van der Waals surface area contributed by atoms with Crippen LogP contribution in [0.25, 0.3) is 0 Å². The van der Waals surface area contributed by atoms with E-state index in [0.29, 0.717) is 11.3 Å². The first kappa shape index (κ1) is 13.4. The Morgan fingerprint density at radius 2 is 2.29 bits per heavy atom. The monoisotopic (exact) mass is 315 g/mol. The standard InChI is InChI=1S/C13H18BrNOS/c1-3-15-9(2)12-6-10(14)4-5-13(12)17-11-7-16-8-11/h4-6,9,11,15H,3,7-8H2,1-2H3. The first-order valence-corrected chi connectivity index (χ1v) is 7.65. The Morgan fingerprint density at radius 1 is 1.53 bits per heavy atom. The highest BCUT2D eigenvalue weighted by Crippen LogP contribution is 2.34. The zero-order chi connectivity index (χ0) is 12.3. The summed E-state index contributed by atoms with van der Waals surface area (Å²) in [4.78, 5) is 1.37. The Bertz CT molecular complexity index is 382. The normalized spacial score (nSPS) is 17.8. The molecule has 1 heterocycles. The zero-order valence-corrected chi connectivity index (χ0v) is 12.6. The van der Waals surface area contributed by atoms with Gasteiger partial charge in [0.25, 0.3) is 0 Å². The SMILES string of the molecule is CCNC(C)c1cc(Br)ccc1SC1COC1. The lowest BCUT2D eigenvalue weighted by molar-refractivity contribution is 0.0455. The van der Waals surface area contributed by atoms with Crippen LogP contribution in [0.15, 0.2) is 27.6 Å². The maximum Gasteiger partial charge on any atom is 0.0611 e. The van der Waals surface area contributed by atoms with Gasteiger partial charge in [0.05, 0.1) is 18.5 Å². The maximum absolute atomic E-state index is 5.23. The minimum Gasteiger partial charge on any atom is -0.379 e. The summed E-state index contributed by atoms with van der Waals surface area (Å²) in [6.45, 7) is 7.11. The average Bonchev–Trinajstić information content (AvgIpc) is 2.25. The molecule has 1 aromatic rings.